The van der Waals surface area contributed by atoms with Gasteiger partial charge in [0.15, 0.2) is 0 Å². The number of hydrogen-bond acceptors (Lipinski definition) is 5. The first-order valence-corrected chi connectivity index (χ1v) is 8.39. The van der Waals surface area contributed by atoms with Crippen molar-refractivity contribution in [1.29, 1.82) is 0 Å². The Hall–Kier alpha value is -1.82. The average molecular weight is 336 g/mol. The van der Waals surface area contributed by atoms with Gasteiger partial charge >= 0.3 is 6.09 Å². The van der Waals surface area contributed by atoms with Crippen molar-refractivity contribution < 1.29 is 19.0 Å². The van der Waals surface area contributed by atoms with Crippen molar-refractivity contribution in [3.8, 4) is 5.88 Å². The second kappa shape index (κ2) is 7.38. The van der Waals surface area contributed by atoms with Crippen LogP contribution in [0.15, 0.2) is 18.3 Å². The highest BCUT2D eigenvalue weighted by atomic mass is 16.7. The molecule has 0 saturated carbocycles. The molecule has 1 amide bonds. The lowest BCUT2D eigenvalue weighted by Gasteiger charge is -2.29. The van der Waals surface area contributed by atoms with Crippen LogP contribution in [0.25, 0.3) is 0 Å². The Labute approximate surface area is 144 Å². The first-order chi connectivity index (χ1) is 11.2. The van der Waals surface area contributed by atoms with Crippen molar-refractivity contribution in [1.82, 2.24) is 9.88 Å². The molecule has 1 aromatic heterocycles. The highest BCUT2D eigenvalue weighted by molar-refractivity contribution is 5.68. The van der Waals surface area contributed by atoms with E-state index in [9.17, 15) is 4.79 Å². The molecule has 6 nitrogen and oxygen atoms in total. The quantitative estimate of drug-likeness (QED) is 0.844. The third-order valence-electron chi connectivity index (χ3n) is 3.78. The van der Waals surface area contributed by atoms with E-state index in [1.54, 1.807) is 11.1 Å². The van der Waals surface area contributed by atoms with Gasteiger partial charge in [-0.15, -0.1) is 0 Å². The van der Waals surface area contributed by atoms with Gasteiger partial charge in [0.1, 0.15) is 5.60 Å². The van der Waals surface area contributed by atoms with Gasteiger partial charge in [0.25, 0.3) is 0 Å². The van der Waals surface area contributed by atoms with Gasteiger partial charge in [0.2, 0.25) is 12.2 Å². The Kier molecular flexibility index (Phi) is 5.70. The van der Waals surface area contributed by atoms with Gasteiger partial charge in [0.05, 0.1) is 19.2 Å². The van der Waals surface area contributed by atoms with Crippen LogP contribution >= 0.6 is 0 Å². The number of hydrogen-bond donors (Lipinski definition) is 0. The van der Waals surface area contributed by atoms with Crippen LogP contribution in [0.3, 0.4) is 0 Å². The molecule has 24 heavy (non-hydrogen) atoms. The number of amides is 1. The van der Waals surface area contributed by atoms with E-state index in [4.69, 9.17) is 14.2 Å². The Morgan fingerprint density at radius 3 is 2.71 bits per heavy atom. The second-order valence-corrected chi connectivity index (χ2v) is 7.46. The maximum absolute atomic E-state index is 12.5. The molecule has 0 saturated heterocycles. The molecule has 0 aliphatic carbocycles. The molecular weight excluding hydrogens is 308 g/mol. The predicted molar refractivity (Wildman–Crippen MR) is 90.7 cm³/mol. The van der Waals surface area contributed by atoms with Crippen molar-refractivity contribution in [2.45, 2.75) is 66.1 Å². The number of carbonyl (C=O) groups excluding carboxylic acids is 1. The molecular formula is C18H28N2O4. The SMILES string of the molecule is CC(C)[C@H](C)OC1CN(C(=O)OC(C)(C)C)Cc2cccnc2O1. The molecule has 1 aliphatic heterocycles. The first kappa shape index (κ1) is 18.5. The third kappa shape index (κ3) is 5.09. The van der Waals surface area contributed by atoms with E-state index in [0.29, 0.717) is 24.9 Å². The lowest BCUT2D eigenvalue weighted by atomic mass is 10.1. The van der Waals surface area contributed by atoms with Crippen molar-refractivity contribution in [2.75, 3.05) is 6.54 Å². The van der Waals surface area contributed by atoms with E-state index in [2.05, 4.69) is 18.8 Å². The van der Waals surface area contributed by atoms with Crippen LogP contribution in [0.4, 0.5) is 4.79 Å². The fraction of sp³-hybridized carbons (Fsp3) is 0.667. The summed E-state index contributed by atoms with van der Waals surface area (Å²) in [5.41, 5.74) is 0.288. The van der Waals surface area contributed by atoms with E-state index in [-0.39, 0.29) is 12.2 Å². The minimum absolute atomic E-state index is 0.000693. The third-order valence-corrected chi connectivity index (χ3v) is 3.78. The smallest absolute Gasteiger partial charge is 0.410 e. The molecule has 0 fully saturated rings. The first-order valence-electron chi connectivity index (χ1n) is 8.39. The molecule has 0 bridgehead atoms. The van der Waals surface area contributed by atoms with E-state index in [1.165, 1.54) is 0 Å². The largest absolute Gasteiger partial charge is 0.446 e. The summed E-state index contributed by atoms with van der Waals surface area (Å²) in [7, 11) is 0. The fourth-order valence-electron chi connectivity index (χ4n) is 2.20. The number of nitrogens with zero attached hydrogens (tertiary/aromatic N) is 2. The van der Waals surface area contributed by atoms with Crippen LogP contribution in [-0.2, 0) is 16.0 Å². The molecule has 0 N–H and O–H groups in total. The van der Waals surface area contributed by atoms with Gasteiger partial charge in [-0.2, -0.15) is 0 Å². The van der Waals surface area contributed by atoms with Crippen LogP contribution in [0.5, 0.6) is 5.88 Å². The maximum Gasteiger partial charge on any atom is 0.410 e. The molecule has 0 aromatic carbocycles. The highest BCUT2D eigenvalue weighted by Gasteiger charge is 2.31. The van der Waals surface area contributed by atoms with E-state index < -0.39 is 11.9 Å². The van der Waals surface area contributed by atoms with Gasteiger partial charge < -0.3 is 14.2 Å². The molecule has 6 heteroatoms. The fourth-order valence-corrected chi connectivity index (χ4v) is 2.20. The zero-order valence-corrected chi connectivity index (χ0v) is 15.4. The van der Waals surface area contributed by atoms with E-state index >= 15 is 0 Å². The second-order valence-electron chi connectivity index (χ2n) is 7.46. The lowest BCUT2D eigenvalue weighted by molar-refractivity contribution is -0.134. The lowest BCUT2D eigenvalue weighted by Crippen LogP contribution is -2.42. The summed E-state index contributed by atoms with van der Waals surface area (Å²) in [5.74, 6) is 0.847. The molecule has 2 rings (SSSR count). The number of pyridine rings is 1. The van der Waals surface area contributed by atoms with Gasteiger partial charge in [0, 0.05) is 11.8 Å². The van der Waals surface area contributed by atoms with E-state index in [0.717, 1.165) is 5.56 Å². The summed E-state index contributed by atoms with van der Waals surface area (Å²) in [6, 6.07) is 3.72. The van der Waals surface area contributed by atoms with E-state index in [1.807, 2.05) is 39.8 Å². The van der Waals surface area contributed by atoms with Gasteiger partial charge in [-0.05, 0) is 39.7 Å². The Morgan fingerprint density at radius 2 is 2.08 bits per heavy atom. The summed E-state index contributed by atoms with van der Waals surface area (Å²) in [4.78, 5) is 18.4. The van der Waals surface area contributed by atoms with Crippen molar-refractivity contribution >= 4 is 6.09 Å². The number of fused-ring (bicyclic) bond motifs is 1. The average Bonchev–Trinajstić information content (AvgIpc) is 2.64. The summed E-state index contributed by atoms with van der Waals surface area (Å²) < 4.78 is 17.4. The van der Waals surface area contributed by atoms with Crippen molar-refractivity contribution in [3.05, 3.63) is 23.9 Å². The molecule has 1 unspecified atom stereocenters. The van der Waals surface area contributed by atoms with Gasteiger partial charge in [-0.3, -0.25) is 4.90 Å². The van der Waals surface area contributed by atoms with Crippen molar-refractivity contribution in [3.63, 3.8) is 0 Å². The zero-order valence-electron chi connectivity index (χ0n) is 15.4. The Bertz CT molecular complexity index is 568. The Morgan fingerprint density at radius 1 is 1.38 bits per heavy atom. The van der Waals surface area contributed by atoms with Crippen LogP contribution in [0, 0.1) is 5.92 Å². The minimum Gasteiger partial charge on any atom is -0.446 e. The highest BCUT2D eigenvalue weighted by Crippen LogP contribution is 2.25. The predicted octanol–water partition coefficient (Wildman–Crippen LogP) is 3.60. The molecule has 1 aromatic rings. The Balaban J connectivity index is 2.20. The van der Waals surface area contributed by atoms with Crippen LogP contribution in [-0.4, -0.2) is 40.5 Å². The normalized spacial score (nSPS) is 19.3. The maximum atomic E-state index is 12.5. The standard InChI is InChI=1S/C18H28N2O4/c1-12(2)13(3)22-15-11-20(17(21)24-18(4,5)6)10-14-8-7-9-19-16(14)23-15/h7-9,12-13,15H,10-11H2,1-6H3/t13-,15?/m0/s1. The van der Waals surface area contributed by atoms with Crippen LogP contribution in [0.2, 0.25) is 0 Å². The monoisotopic (exact) mass is 336 g/mol. The number of aromatic nitrogens is 1. The molecule has 0 radical (unpaired) electrons. The van der Waals surface area contributed by atoms with Crippen LogP contribution in [0.1, 0.15) is 47.1 Å². The van der Waals surface area contributed by atoms with Crippen molar-refractivity contribution in [2.24, 2.45) is 5.92 Å². The van der Waals surface area contributed by atoms with Gasteiger partial charge in [-0.25, -0.2) is 9.78 Å². The summed E-state index contributed by atoms with van der Waals surface area (Å²) >= 11 is 0. The molecule has 1 aliphatic rings. The zero-order chi connectivity index (χ0) is 17.9. The number of ether oxygens (including phenoxy) is 3. The molecule has 2 heterocycles. The summed E-state index contributed by atoms with van der Waals surface area (Å²) in [6.45, 7) is 12.4. The molecule has 134 valence electrons. The minimum atomic E-state index is -0.578. The van der Waals surface area contributed by atoms with Gasteiger partial charge in [-0.1, -0.05) is 19.9 Å². The number of carbonyl (C=O) groups is 1. The summed E-state index contributed by atoms with van der Waals surface area (Å²) in [5, 5.41) is 0. The molecule has 0 spiro atoms. The summed E-state index contributed by atoms with van der Waals surface area (Å²) in [6.07, 6.45) is 0.714. The number of rotatable bonds is 3. The topological polar surface area (TPSA) is 60.9 Å². The molecule has 2 atom stereocenters. The van der Waals surface area contributed by atoms with Crippen LogP contribution < -0.4 is 4.74 Å².